The molecule has 0 unspecified atom stereocenters. The van der Waals surface area contributed by atoms with E-state index in [1.807, 2.05) is 24.3 Å². The van der Waals surface area contributed by atoms with Gasteiger partial charge in [-0.15, -0.1) is 0 Å². The van der Waals surface area contributed by atoms with Crippen LogP contribution >= 0.6 is 0 Å². The van der Waals surface area contributed by atoms with E-state index in [0.717, 1.165) is 24.6 Å². The summed E-state index contributed by atoms with van der Waals surface area (Å²) in [4.78, 5) is 16.3. The molecule has 1 fully saturated rings. The van der Waals surface area contributed by atoms with E-state index < -0.39 is 0 Å². The smallest absolute Gasteiger partial charge is 0.251 e. The van der Waals surface area contributed by atoms with Crippen LogP contribution in [0.5, 0.6) is 0 Å². The fraction of sp³-hybridized carbons (Fsp3) is 0.364. The molecule has 5 nitrogen and oxygen atoms in total. The monoisotopic (exact) mass is 364 g/mol. The Bertz CT molecular complexity index is 780. The summed E-state index contributed by atoms with van der Waals surface area (Å²) in [6.45, 7) is 4.35. The maximum absolute atomic E-state index is 11.6. The number of hydrogen-bond donors (Lipinski definition) is 3. The summed E-state index contributed by atoms with van der Waals surface area (Å²) in [7, 11) is 1.64. The first-order valence-corrected chi connectivity index (χ1v) is 9.55. The van der Waals surface area contributed by atoms with Crippen molar-refractivity contribution in [2.75, 3.05) is 20.1 Å². The lowest BCUT2D eigenvalue weighted by Crippen LogP contribution is -2.41. The maximum atomic E-state index is 11.6. The zero-order valence-electron chi connectivity index (χ0n) is 16.1. The number of amides is 1. The maximum Gasteiger partial charge on any atom is 0.251 e. The Morgan fingerprint density at radius 3 is 2.33 bits per heavy atom. The molecule has 0 bridgehead atoms. The van der Waals surface area contributed by atoms with E-state index in [0.29, 0.717) is 12.1 Å². The van der Waals surface area contributed by atoms with Gasteiger partial charge < -0.3 is 16.0 Å². The first-order valence-electron chi connectivity index (χ1n) is 9.55. The van der Waals surface area contributed by atoms with Gasteiger partial charge in [-0.05, 0) is 43.0 Å². The highest BCUT2D eigenvalue weighted by Gasteiger charge is 2.43. The Morgan fingerprint density at radius 1 is 1.04 bits per heavy atom. The number of nitrogens with one attached hydrogen (secondary N) is 3. The second-order valence-corrected chi connectivity index (χ2v) is 6.97. The highest BCUT2D eigenvalue weighted by Crippen LogP contribution is 2.47. The van der Waals surface area contributed by atoms with E-state index in [9.17, 15) is 4.79 Å². The van der Waals surface area contributed by atoms with Crippen LogP contribution in [-0.2, 0) is 12.0 Å². The summed E-state index contributed by atoms with van der Waals surface area (Å²) in [5.41, 5.74) is 3.38. The fourth-order valence-electron chi connectivity index (χ4n) is 3.18. The van der Waals surface area contributed by atoms with Crippen molar-refractivity contribution in [1.29, 1.82) is 0 Å². The van der Waals surface area contributed by atoms with Crippen LogP contribution in [0, 0.1) is 0 Å². The van der Waals surface area contributed by atoms with Crippen LogP contribution in [-0.4, -0.2) is 32.0 Å². The number of carbonyl (C=O) groups excluding carboxylic acids is 1. The molecular formula is C22H28N4O. The third-order valence-corrected chi connectivity index (χ3v) is 5.04. The Kier molecular flexibility index (Phi) is 6.12. The SMILES string of the molecule is CCNC(=NCc1ccc(C(=O)NC)cc1)NCC1(c2ccccc2)CC1. The number of hydrogen-bond acceptors (Lipinski definition) is 2. The van der Waals surface area contributed by atoms with Crippen LogP contribution < -0.4 is 16.0 Å². The summed E-state index contributed by atoms with van der Waals surface area (Å²) in [5.74, 6) is 0.755. The summed E-state index contributed by atoms with van der Waals surface area (Å²) in [6, 6.07) is 18.3. The van der Waals surface area contributed by atoms with Gasteiger partial charge in [-0.1, -0.05) is 42.5 Å². The van der Waals surface area contributed by atoms with Crippen molar-refractivity contribution in [3.8, 4) is 0 Å². The van der Waals surface area contributed by atoms with Crippen molar-refractivity contribution in [3.63, 3.8) is 0 Å². The summed E-state index contributed by atoms with van der Waals surface area (Å²) in [6.07, 6.45) is 2.43. The molecule has 0 aromatic heterocycles. The van der Waals surface area contributed by atoms with Crippen molar-refractivity contribution >= 4 is 11.9 Å². The molecular weight excluding hydrogens is 336 g/mol. The fourth-order valence-corrected chi connectivity index (χ4v) is 3.18. The molecule has 1 saturated carbocycles. The molecule has 3 rings (SSSR count). The first kappa shape index (κ1) is 19.0. The van der Waals surface area contributed by atoms with Gasteiger partial charge in [-0.2, -0.15) is 0 Å². The van der Waals surface area contributed by atoms with Gasteiger partial charge in [0.25, 0.3) is 5.91 Å². The predicted octanol–water partition coefficient (Wildman–Crippen LogP) is 2.83. The molecule has 2 aromatic rings. The molecule has 1 aliphatic carbocycles. The van der Waals surface area contributed by atoms with Crippen molar-refractivity contribution in [2.45, 2.75) is 31.7 Å². The van der Waals surface area contributed by atoms with Gasteiger partial charge in [0.05, 0.1) is 6.54 Å². The van der Waals surface area contributed by atoms with E-state index in [4.69, 9.17) is 4.99 Å². The average Bonchev–Trinajstić information content (AvgIpc) is 3.52. The second kappa shape index (κ2) is 8.71. The molecule has 142 valence electrons. The molecule has 2 aromatic carbocycles. The molecule has 0 aliphatic heterocycles. The summed E-state index contributed by atoms with van der Waals surface area (Å²) >= 11 is 0. The molecule has 0 atom stereocenters. The van der Waals surface area contributed by atoms with E-state index in [2.05, 4.69) is 53.2 Å². The second-order valence-electron chi connectivity index (χ2n) is 6.97. The third kappa shape index (κ3) is 4.88. The molecule has 5 heteroatoms. The molecule has 0 spiro atoms. The molecule has 0 heterocycles. The standard InChI is InChI=1S/C22H28N4O/c1-3-24-21(25-15-17-9-11-18(12-10-17)20(27)23-2)26-16-22(13-14-22)19-7-5-4-6-8-19/h4-12H,3,13-16H2,1-2H3,(H,23,27)(H2,24,25,26). The van der Waals surface area contributed by atoms with Gasteiger partial charge in [0, 0.05) is 31.1 Å². The first-order chi connectivity index (χ1) is 13.2. The van der Waals surface area contributed by atoms with Crippen LogP contribution in [0.1, 0.15) is 41.3 Å². The number of rotatable bonds is 7. The zero-order chi connectivity index (χ0) is 19.1. The number of aliphatic imine (C=N–C) groups is 1. The van der Waals surface area contributed by atoms with Crippen LogP contribution in [0.25, 0.3) is 0 Å². The van der Waals surface area contributed by atoms with Crippen molar-refractivity contribution in [3.05, 3.63) is 71.3 Å². The van der Waals surface area contributed by atoms with Crippen LogP contribution in [0.4, 0.5) is 0 Å². The van der Waals surface area contributed by atoms with Crippen LogP contribution in [0.2, 0.25) is 0 Å². The lowest BCUT2D eigenvalue weighted by atomic mass is 9.96. The Labute approximate surface area is 161 Å². The summed E-state index contributed by atoms with van der Waals surface area (Å²) < 4.78 is 0. The highest BCUT2D eigenvalue weighted by atomic mass is 16.1. The van der Waals surface area contributed by atoms with Crippen LogP contribution in [0.3, 0.4) is 0 Å². The lowest BCUT2D eigenvalue weighted by Gasteiger charge is -2.19. The molecule has 27 heavy (non-hydrogen) atoms. The number of carbonyl (C=O) groups is 1. The normalized spacial score (nSPS) is 15.1. The Balaban J connectivity index is 1.61. The molecule has 3 N–H and O–H groups in total. The van der Waals surface area contributed by atoms with Crippen molar-refractivity contribution in [1.82, 2.24) is 16.0 Å². The minimum Gasteiger partial charge on any atom is -0.357 e. The number of benzene rings is 2. The van der Waals surface area contributed by atoms with E-state index >= 15 is 0 Å². The zero-order valence-corrected chi connectivity index (χ0v) is 16.1. The molecule has 0 radical (unpaired) electrons. The van der Waals surface area contributed by atoms with Gasteiger partial charge >= 0.3 is 0 Å². The van der Waals surface area contributed by atoms with E-state index in [1.165, 1.54) is 18.4 Å². The van der Waals surface area contributed by atoms with E-state index in [1.54, 1.807) is 7.05 Å². The molecule has 1 aliphatic rings. The Morgan fingerprint density at radius 2 is 1.74 bits per heavy atom. The predicted molar refractivity (Wildman–Crippen MR) is 110 cm³/mol. The highest BCUT2D eigenvalue weighted by molar-refractivity contribution is 5.93. The van der Waals surface area contributed by atoms with Gasteiger partial charge in [0.15, 0.2) is 5.96 Å². The minimum absolute atomic E-state index is 0.0734. The van der Waals surface area contributed by atoms with Gasteiger partial charge in [0.1, 0.15) is 0 Å². The molecule has 0 saturated heterocycles. The van der Waals surface area contributed by atoms with Crippen molar-refractivity contribution in [2.24, 2.45) is 4.99 Å². The summed E-state index contributed by atoms with van der Waals surface area (Å²) in [5, 5.41) is 9.46. The van der Waals surface area contributed by atoms with Gasteiger partial charge in [-0.3, -0.25) is 4.79 Å². The van der Waals surface area contributed by atoms with Gasteiger partial charge in [-0.25, -0.2) is 4.99 Å². The minimum atomic E-state index is -0.0734. The average molecular weight is 364 g/mol. The van der Waals surface area contributed by atoms with Crippen LogP contribution in [0.15, 0.2) is 59.6 Å². The van der Waals surface area contributed by atoms with Crippen molar-refractivity contribution < 1.29 is 4.79 Å². The third-order valence-electron chi connectivity index (χ3n) is 5.04. The number of guanidine groups is 1. The Hall–Kier alpha value is -2.82. The lowest BCUT2D eigenvalue weighted by molar-refractivity contribution is 0.0963. The molecule has 1 amide bonds. The van der Waals surface area contributed by atoms with E-state index in [-0.39, 0.29) is 11.3 Å². The number of nitrogens with zero attached hydrogens (tertiary/aromatic N) is 1. The van der Waals surface area contributed by atoms with Gasteiger partial charge in [0.2, 0.25) is 0 Å². The quantitative estimate of drug-likeness (QED) is 0.523. The largest absolute Gasteiger partial charge is 0.357 e. The topological polar surface area (TPSA) is 65.5 Å².